The first-order valence-electron chi connectivity index (χ1n) is 7.12. The van der Waals surface area contributed by atoms with Crippen molar-refractivity contribution in [2.45, 2.75) is 31.8 Å². The van der Waals surface area contributed by atoms with Crippen LogP contribution in [0.4, 0.5) is 0 Å². The van der Waals surface area contributed by atoms with Crippen molar-refractivity contribution >= 4 is 7.82 Å². The number of nitrogens with zero attached hydrogens (tertiary/aromatic N) is 1. The average Bonchev–Trinajstić information content (AvgIpc) is 2.88. The molecule has 4 atom stereocenters. The maximum Gasteiger partial charge on any atom is 0.472 e. The molecule has 1 fully saturated rings. The fraction of sp³-hybridized carbons (Fsp3) is 0.667. The van der Waals surface area contributed by atoms with Crippen LogP contribution in [0.2, 0.25) is 0 Å². The minimum absolute atomic E-state index is 0.0344. The molecule has 0 amide bonds. The molecule has 12 heteroatoms. The fourth-order valence-electron chi connectivity index (χ4n) is 2.20. The summed E-state index contributed by atoms with van der Waals surface area (Å²) in [5, 5.41) is 18.5. The summed E-state index contributed by atoms with van der Waals surface area (Å²) in [7, 11) is -4.37. The van der Waals surface area contributed by atoms with Gasteiger partial charge in [0, 0.05) is 18.2 Å². The molecular formula is C12H19N2O9P. The van der Waals surface area contributed by atoms with Gasteiger partial charge >= 0.3 is 13.5 Å². The zero-order valence-electron chi connectivity index (χ0n) is 12.8. The highest BCUT2D eigenvalue weighted by molar-refractivity contribution is 7.47. The van der Waals surface area contributed by atoms with E-state index < -0.39 is 50.7 Å². The summed E-state index contributed by atoms with van der Waals surface area (Å²) in [5.41, 5.74) is -0.912. The van der Waals surface area contributed by atoms with Crippen LogP contribution in [0.25, 0.3) is 0 Å². The van der Waals surface area contributed by atoms with E-state index >= 15 is 0 Å². The molecule has 1 saturated heterocycles. The zero-order chi connectivity index (χ0) is 17.9. The van der Waals surface area contributed by atoms with Gasteiger partial charge in [-0.2, -0.15) is 0 Å². The van der Waals surface area contributed by atoms with Crippen molar-refractivity contribution in [2.75, 3.05) is 19.8 Å². The highest BCUT2D eigenvalue weighted by atomic mass is 31.2. The summed E-state index contributed by atoms with van der Waals surface area (Å²) >= 11 is 0. The number of ether oxygens (including phenoxy) is 1. The predicted molar refractivity (Wildman–Crippen MR) is 79.4 cm³/mol. The SMILES string of the molecule is Cc1cn(C2CC(O)C(COP(=O)(O)OCCO)O2)c(=O)[nH]c1=O. The zero-order valence-corrected chi connectivity index (χ0v) is 13.7. The van der Waals surface area contributed by atoms with Gasteiger partial charge in [-0.3, -0.25) is 23.4 Å². The van der Waals surface area contributed by atoms with Crippen molar-refractivity contribution in [1.82, 2.24) is 9.55 Å². The van der Waals surface area contributed by atoms with Crippen molar-refractivity contribution in [3.63, 3.8) is 0 Å². The fourth-order valence-corrected chi connectivity index (χ4v) is 2.92. The standard InChI is InChI=1S/C12H19N2O9P/c1-7-5-14(12(18)13-11(7)17)10-4-8(16)9(23-10)6-22-24(19,20)21-3-2-15/h5,8-10,15-16H,2-4,6H2,1H3,(H,19,20)(H,13,17,18). The Bertz CT molecular complexity index is 730. The highest BCUT2D eigenvalue weighted by Crippen LogP contribution is 2.44. The van der Waals surface area contributed by atoms with Gasteiger partial charge in [-0.15, -0.1) is 0 Å². The lowest BCUT2D eigenvalue weighted by Crippen LogP contribution is -2.33. The van der Waals surface area contributed by atoms with Crippen LogP contribution < -0.4 is 11.2 Å². The van der Waals surface area contributed by atoms with E-state index in [2.05, 4.69) is 9.51 Å². The third kappa shape index (κ3) is 4.61. The molecule has 1 aromatic rings. The number of aliphatic hydroxyl groups excluding tert-OH is 2. The van der Waals surface area contributed by atoms with Gasteiger partial charge in [0.05, 0.1) is 25.9 Å². The largest absolute Gasteiger partial charge is 0.472 e. The molecule has 136 valence electrons. The van der Waals surface area contributed by atoms with Crippen LogP contribution in [0.15, 0.2) is 15.8 Å². The molecule has 4 N–H and O–H groups in total. The Hall–Kier alpha value is -1.33. The molecule has 0 radical (unpaired) electrons. The van der Waals surface area contributed by atoms with E-state index in [0.717, 1.165) is 4.57 Å². The van der Waals surface area contributed by atoms with Crippen molar-refractivity contribution in [1.29, 1.82) is 0 Å². The molecule has 24 heavy (non-hydrogen) atoms. The molecular weight excluding hydrogens is 347 g/mol. The molecule has 2 rings (SSSR count). The van der Waals surface area contributed by atoms with E-state index in [1.807, 2.05) is 0 Å². The van der Waals surface area contributed by atoms with Crippen molar-refractivity contribution in [2.24, 2.45) is 0 Å². The lowest BCUT2D eigenvalue weighted by Gasteiger charge is -2.18. The lowest BCUT2D eigenvalue weighted by molar-refractivity contribution is -0.0468. The number of hydrogen-bond donors (Lipinski definition) is 4. The predicted octanol–water partition coefficient (Wildman–Crippen LogP) is -1.38. The first-order valence-corrected chi connectivity index (χ1v) is 8.61. The molecule has 0 saturated carbocycles. The Kier molecular flexibility index (Phi) is 6.10. The Morgan fingerprint density at radius 1 is 1.46 bits per heavy atom. The molecule has 0 aliphatic carbocycles. The van der Waals surface area contributed by atoms with Crippen molar-refractivity contribution in [3.05, 3.63) is 32.6 Å². The molecule has 1 aliphatic heterocycles. The Morgan fingerprint density at radius 2 is 2.17 bits per heavy atom. The van der Waals surface area contributed by atoms with Gasteiger partial charge in [0.2, 0.25) is 0 Å². The Labute approximate surface area is 136 Å². The topological polar surface area (TPSA) is 160 Å². The molecule has 1 aromatic heterocycles. The highest BCUT2D eigenvalue weighted by Gasteiger charge is 2.37. The van der Waals surface area contributed by atoms with E-state index in [4.69, 9.17) is 14.4 Å². The van der Waals surface area contributed by atoms with Gasteiger partial charge in [-0.05, 0) is 6.92 Å². The monoisotopic (exact) mass is 366 g/mol. The molecule has 4 unspecified atom stereocenters. The third-order valence-electron chi connectivity index (χ3n) is 3.41. The minimum Gasteiger partial charge on any atom is -0.394 e. The number of phosphoric ester groups is 1. The quantitative estimate of drug-likeness (QED) is 0.426. The van der Waals surface area contributed by atoms with E-state index in [-0.39, 0.29) is 13.0 Å². The number of aliphatic hydroxyl groups is 2. The summed E-state index contributed by atoms with van der Waals surface area (Å²) < 4.78 is 27.2. The van der Waals surface area contributed by atoms with Crippen LogP contribution in [-0.2, 0) is 18.3 Å². The van der Waals surface area contributed by atoms with Gasteiger partial charge in [-0.1, -0.05) is 0 Å². The molecule has 0 aromatic carbocycles. The van der Waals surface area contributed by atoms with Crippen molar-refractivity contribution < 1.29 is 33.5 Å². The minimum atomic E-state index is -4.37. The van der Waals surface area contributed by atoms with Gasteiger partial charge in [0.25, 0.3) is 5.56 Å². The molecule has 1 aliphatic rings. The number of aromatic nitrogens is 2. The Balaban J connectivity index is 2.02. The summed E-state index contributed by atoms with van der Waals surface area (Å²) in [5.74, 6) is 0. The first kappa shape index (κ1) is 19.0. The maximum absolute atomic E-state index is 11.8. The van der Waals surface area contributed by atoms with Crippen molar-refractivity contribution in [3.8, 4) is 0 Å². The van der Waals surface area contributed by atoms with Crippen LogP contribution in [-0.4, -0.2) is 56.7 Å². The number of phosphoric acid groups is 1. The summed E-state index contributed by atoms with van der Waals surface area (Å²) in [6.45, 7) is 0.235. The second-order valence-electron chi connectivity index (χ2n) is 5.23. The lowest BCUT2D eigenvalue weighted by atomic mass is 10.2. The van der Waals surface area contributed by atoms with Gasteiger partial charge in [0.15, 0.2) is 0 Å². The molecule has 0 bridgehead atoms. The summed E-state index contributed by atoms with van der Waals surface area (Å²) in [6, 6.07) is 0. The number of H-pyrrole nitrogens is 1. The first-order chi connectivity index (χ1) is 11.2. The van der Waals surface area contributed by atoms with E-state index in [1.54, 1.807) is 0 Å². The Morgan fingerprint density at radius 3 is 2.83 bits per heavy atom. The van der Waals surface area contributed by atoms with Gasteiger partial charge < -0.3 is 19.8 Å². The summed E-state index contributed by atoms with van der Waals surface area (Å²) in [4.78, 5) is 34.7. The molecule has 2 heterocycles. The second-order valence-corrected chi connectivity index (χ2v) is 6.69. The third-order valence-corrected chi connectivity index (χ3v) is 4.39. The van der Waals surface area contributed by atoms with E-state index in [9.17, 15) is 24.2 Å². The van der Waals surface area contributed by atoms with Crippen LogP contribution in [0.3, 0.4) is 0 Å². The molecule has 11 nitrogen and oxygen atoms in total. The van der Waals surface area contributed by atoms with Crippen LogP contribution in [0.1, 0.15) is 18.2 Å². The normalized spacial score (nSPS) is 26.4. The van der Waals surface area contributed by atoms with E-state index in [1.165, 1.54) is 13.1 Å². The average molecular weight is 366 g/mol. The smallest absolute Gasteiger partial charge is 0.394 e. The van der Waals surface area contributed by atoms with Crippen LogP contribution in [0, 0.1) is 6.92 Å². The number of aromatic amines is 1. The van der Waals surface area contributed by atoms with Gasteiger partial charge in [-0.25, -0.2) is 9.36 Å². The van der Waals surface area contributed by atoms with Gasteiger partial charge in [0.1, 0.15) is 12.3 Å². The maximum atomic E-state index is 11.8. The summed E-state index contributed by atoms with van der Waals surface area (Å²) in [6.07, 6.45) is -1.53. The van der Waals surface area contributed by atoms with Crippen LogP contribution in [0.5, 0.6) is 0 Å². The number of hydrogen-bond acceptors (Lipinski definition) is 8. The van der Waals surface area contributed by atoms with E-state index in [0.29, 0.717) is 5.56 Å². The molecule has 0 spiro atoms. The number of rotatable bonds is 7. The number of aryl methyl sites for hydroxylation is 1. The number of nitrogens with one attached hydrogen (secondary N) is 1. The second kappa shape index (κ2) is 7.70. The van der Waals surface area contributed by atoms with Crippen LogP contribution >= 0.6 is 7.82 Å².